The summed E-state index contributed by atoms with van der Waals surface area (Å²) in [5.41, 5.74) is 3.53. The molecule has 0 radical (unpaired) electrons. The standard InChI is InChI=1S/C24H23N5O3/c1-17-8-9-20(14-23(17)29-18(2)26-27-28-29)25-24(30)16-32-22-12-10-21(11-13-22)31-15-19-6-4-3-5-7-19/h3-14H,15-16H2,1-2H3,(H,25,30). The quantitative estimate of drug-likeness (QED) is 0.457. The fourth-order valence-corrected chi connectivity index (χ4v) is 3.09. The minimum atomic E-state index is -0.266. The topological polar surface area (TPSA) is 91.2 Å². The van der Waals surface area contributed by atoms with Gasteiger partial charge in [0.1, 0.15) is 18.1 Å². The zero-order chi connectivity index (χ0) is 22.3. The highest BCUT2D eigenvalue weighted by Crippen LogP contribution is 2.21. The van der Waals surface area contributed by atoms with Crippen LogP contribution in [0.4, 0.5) is 5.69 Å². The number of nitrogens with one attached hydrogen (secondary N) is 1. The monoisotopic (exact) mass is 429 g/mol. The third-order valence-corrected chi connectivity index (χ3v) is 4.79. The number of carbonyl (C=O) groups excluding carboxylic acids is 1. The second kappa shape index (κ2) is 9.74. The summed E-state index contributed by atoms with van der Waals surface area (Å²) in [6.45, 7) is 4.15. The molecule has 4 rings (SSSR count). The zero-order valence-corrected chi connectivity index (χ0v) is 17.9. The number of aromatic nitrogens is 4. The lowest BCUT2D eigenvalue weighted by Gasteiger charge is -2.11. The molecular formula is C24H23N5O3. The lowest BCUT2D eigenvalue weighted by molar-refractivity contribution is -0.118. The van der Waals surface area contributed by atoms with E-state index in [1.165, 1.54) is 0 Å². The Hall–Kier alpha value is -4.20. The van der Waals surface area contributed by atoms with Crippen LogP contribution in [-0.2, 0) is 11.4 Å². The molecule has 0 aliphatic carbocycles. The van der Waals surface area contributed by atoms with Gasteiger partial charge in [0.25, 0.3) is 5.91 Å². The Labute approximate surface area is 185 Å². The number of anilines is 1. The van der Waals surface area contributed by atoms with Gasteiger partial charge in [-0.3, -0.25) is 4.79 Å². The minimum absolute atomic E-state index is 0.114. The van der Waals surface area contributed by atoms with Crippen LogP contribution >= 0.6 is 0 Å². The summed E-state index contributed by atoms with van der Waals surface area (Å²) < 4.78 is 13.0. The van der Waals surface area contributed by atoms with Gasteiger partial charge in [0.2, 0.25) is 0 Å². The summed E-state index contributed by atoms with van der Waals surface area (Å²) in [7, 11) is 0. The smallest absolute Gasteiger partial charge is 0.262 e. The first-order valence-electron chi connectivity index (χ1n) is 10.1. The second-order valence-corrected chi connectivity index (χ2v) is 7.22. The van der Waals surface area contributed by atoms with E-state index < -0.39 is 0 Å². The van der Waals surface area contributed by atoms with Crippen LogP contribution in [0.15, 0.2) is 72.8 Å². The number of carbonyl (C=O) groups is 1. The van der Waals surface area contributed by atoms with Gasteiger partial charge < -0.3 is 14.8 Å². The Balaban J connectivity index is 1.30. The molecule has 8 nitrogen and oxygen atoms in total. The molecule has 8 heteroatoms. The van der Waals surface area contributed by atoms with Crippen LogP contribution in [0.25, 0.3) is 5.69 Å². The molecule has 3 aromatic carbocycles. The number of amides is 1. The Morgan fingerprint density at radius 3 is 2.34 bits per heavy atom. The largest absolute Gasteiger partial charge is 0.489 e. The number of nitrogens with zero attached hydrogens (tertiary/aromatic N) is 4. The average Bonchev–Trinajstić information content (AvgIpc) is 3.24. The number of rotatable bonds is 8. The van der Waals surface area contributed by atoms with E-state index in [0.717, 1.165) is 22.6 Å². The van der Waals surface area contributed by atoms with E-state index in [1.54, 1.807) is 16.8 Å². The van der Waals surface area contributed by atoms with Crippen LogP contribution < -0.4 is 14.8 Å². The van der Waals surface area contributed by atoms with Crippen LogP contribution in [0.2, 0.25) is 0 Å². The predicted molar refractivity (Wildman–Crippen MR) is 120 cm³/mol. The van der Waals surface area contributed by atoms with Crippen molar-refractivity contribution in [3.63, 3.8) is 0 Å². The molecule has 0 saturated heterocycles. The molecule has 1 heterocycles. The van der Waals surface area contributed by atoms with Crippen molar-refractivity contribution in [3.05, 3.63) is 89.7 Å². The first-order chi connectivity index (χ1) is 15.6. The molecule has 1 aromatic heterocycles. The van der Waals surface area contributed by atoms with Crippen LogP contribution in [0.3, 0.4) is 0 Å². The highest BCUT2D eigenvalue weighted by atomic mass is 16.5. The number of ether oxygens (including phenoxy) is 2. The highest BCUT2D eigenvalue weighted by molar-refractivity contribution is 5.92. The molecule has 0 spiro atoms. The first-order valence-corrected chi connectivity index (χ1v) is 10.1. The molecule has 32 heavy (non-hydrogen) atoms. The maximum Gasteiger partial charge on any atom is 0.262 e. The van der Waals surface area contributed by atoms with E-state index >= 15 is 0 Å². The van der Waals surface area contributed by atoms with Crippen molar-refractivity contribution in [1.82, 2.24) is 20.2 Å². The molecule has 0 atom stereocenters. The van der Waals surface area contributed by atoms with Crippen molar-refractivity contribution in [2.75, 3.05) is 11.9 Å². The van der Waals surface area contributed by atoms with Crippen LogP contribution in [-0.4, -0.2) is 32.7 Å². The van der Waals surface area contributed by atoms with Gasteiger partial charge in [0, 0.05) is 5.69 Å². The fraction of sp³-hybridized carbons (Fsp3) is 0.167. The molecule has 0 bridgehead atoms. The lowest BCUT2D eigenvalue weighted by atomic mass is 10.2. The summed E-state index contributed by atoms with van der Waals surface area (Å²) in [6.07, 6.45) is 0. The van der Waals surface area contributed by atoms with Crippen LogP contribution in [0.5, 0.6) is 11.5 Å². The fourth-order valence-electron chi connectivity index (χ4n) is 3.09. The van der Waals surface area contributed by atoms with Gasteiger partial charge in [0.15, 0.2) is 12.4 Å². The molecule has 0 fully saturated rings. The Morgan fingerprint density at radius 1 is 0.938 bits per heavy atom. The van der Waals surface area contributed by atoms with E-state index in [4.69, 9.17) is 9.47 Å². The molecule has 162 valence electrons. The number of hydrogen-bond donors (Lipinski definition) is 1. The van der Waals surface area contributed by atoms with Gasteiger partial charge in [-0.1, -0.05) is 36.4 Å². The molecule has 0 aliphatic heterocycles. The van der Waals surface area contributed by atoms with Crippen molar-refractivity contribution in [2.24, 2.45) is 0 Å². The van der Waals surface area contributed by atoms with Gasteiger partial charge >= 0.3 is 0 Å². The third-order valence-electron chi connectivity index (χ3n) is 4.79. The van der Waals surface area contributed by atoms with E-state index in [1.807, 2.05) is 74.5 Å². The molecule has 0 saturated carbocycles. The van der Waals surface area contributed by atoms with Crippen molar-refractivity contribution in [2.45, 2.75) is 20.5 Å². The first kappa shape index (κ1) is 21.0. The number of benzene rings is 3. The van der Waals surface area contributed by atoms with Crippen molar-refractivity contribution in [1.29, 1.82) is 0 Å². The van der Waals surface area contributed by atoms with Crippen molar-refractivity contribution < 1.29 is 14.3 Å². The number of hydrogen-bond acceptors (Lipinski definition) is 6. The second-order valence-electron chi connectivity index (χ2n) is 7.22. The summed E-state index contributed by atoms with van der Waals surface area (Å²) in [4.78, 5) is 12.4. The van der Waals surface area contributed by atoms with Gasteiger partial charge in [-0.15, -0.1) is 5.10 Å². The number of tetrazole rings is 1. The van der Waals surface area contributed by atoms with Crippen LogP contribution in [0.1, 0.15) is 17.0 Å². The van der Waals surface area contributed by atoms with E-state index in [9.17, 15) is 4.79 Å². The Morgan fingerprint density at radius 2 is 1.66 bits per heavy atom. The molecule has 1 N–H and O–H groups in total. The van der Waals surface area contributed by atoms with E-state index in [0.29, 0.717) is 23.9 Å². The predicted octanol–water partition coefficient (Wildman–Crippen LogP) is 3.88. The molecule has 1 amide bonds. The molecule has 0 aliphatic rings. The maximum absolute atomic E-state index is 12.4. The van der Waals surface area contributed by atoms with E-state index in [-0.39, 0.29) is 12.5 Å². The lowest BCUT2D eigenvalue weighted by Crippen LogP contribution is -2.20. The zero-order valence-electron chi connectivity index (χ0n) is 17.9. The highest BCUT2D eigenvalue weighted by Gasteiger charge is 2.10. The molecule has 4 aromatic rings. The normalized spacial score (nSPS) is 10.6. The number of aryl methyl sites for hydroxylation is 2. The Kier molecular flexibility index (Phi) is 6.41. The summed E-state index contributed by atoms with van der Waals surface area (Å²) in [5, 5.41) is 14.4. The van der Waals surface area contributed by atoms with Gasteiger partial charge in [-0.05, 0) is 71.8 Å². The summed E-state index contributed by atoms with van der Waals surface area (Å²) >= 11 is 0. The third kappa shape index (κ3) is 5.28. The minimum Gasteiger partial charge on any atom is -0.489 e. The molecule has 0 unspecified atom stereocenters. The summed E-state index contributed by atoms with van der Waals surface area (Å²) in [5.74, 6) is 1.71. The van der Waals surface area contributed by atoms with Gasteiger partial charge in [-0.2, -0.15) is 4.68 Å². The summed E-state index contributed by atoms with van der Waals surface area (Å²) in [6, 6.07) is 22.7. The Bertz CT molecular complexity index is 1190. The molecular weight excluding hydrogens is 406 g/mol. The van der Waals surface area contributed by atoms with Gasteiger partial charge in [-0.25, -0.2) is 0 Å². The maximum atomic E-state index is 12.4. The SMILES string of the molecule is Cc1ccc(NC(=O)COc2ccc(OCc3ccccc3)cc2)cc1-n1nnnc1C. The van der Waals surface area contributed by atoms with E-state index in [2.05, 4.69) is 20.8 Å². The van der Waals surface area contributed by atoms with Crippen molar-refractivity contribution >= 4 is 11.6 Å². The van der Waals surface area contributed by atoms with Crippen molar-refractivity contribution in [3.8, 4) is 17.2 Å². The van der Waals surface area contributed by atoms with Crippen LogP contribution in [0, 0.1) is 13.8 Å². The average molecular weight is 429 g/mol. The van der Waals surface area contributed by atoms with Gasteiger partial charge in [0.05, 0.1) is 5.69 Å².